The number of hydrogen-bond donors (Lipinski definition) is 1. The molecule has 2 aromatic rings. The fraction of sp³-hybridized carbons (Fsp3) is 0.350. The zero-order chi connectivity index (χ0) is 20.7. The molecule has 0 fully saturated rings. The fourth-order valence-electron chi connectivity index (χ4n) is 2.69. The summed E-state index contributed by atoms with van der Waals surface area (Å²) >= 11 is 7.85. The molecule has 152 valence electrons. The molecule has 1 atom stereocenters. The summed E-state index contributed by atoms with van der Waals surface area (Å²) in [5.41, 5.74) is 2.44. The SMILES string of the molecule is Cc1ccc(N(C(C)C(=O)NCCSCc2ccccc2)S(C)(=O)=O)cc1Cl. The molecule has 8 heteroatoms. The van der Waals surface area contributed by atoms with Crippen molar-refractivity contribution in [3.8, 4) is 0 Å². The highest BCUT2D eigenvalue weighted by Crippen LogP contribution is 2.26. The lowest BCUT2D eigenvalue weighted by atomic mass is 10.2. The predicted octanol–water partition coefficient (Wildman–Crippen LogP) is 3.85. The quantitative estimate of drug-likeness (QED) is 0.601. The second kappa shape index (κ2) is 10.2. The minimum absolute atomic E-state index is 0.345. The summed E-state index contributed by atoms with van der Waals surface area (Å²) in [6.07, 6.45) is 1.08. The molecule has 1 unspecified atom stereocenters. The van der Waals surface area contributed by atoms with Crippen molar-refractivity contribution in [2.75, 3.05) is 22.9 Å². The van der Waals surface area contributed by atoms with Gasteiger partial charge in [-0.05, 0) is 37.1 Å². The standard InChI is InChI=1S/C20H25ClN2O3S2/c1-15-9-10-18(13-19(15)21)23(28(3,25)26)16(2)20(24)22-11-12-27-14-17-7-5-4-6-8-17/h4-10,13,16H,11-12,14H2,1-3H3,(H,22,24). The number of anilines is 1. The maximum atomic E-state index is 12.5. The monoisotopic (exact) mass is 440 g/mol. The summed E-state index contributed by atoms with van der Waals surface area (Å²) in [5, 5.41) is 3.27. The van der Waals surface area contributed by atoms with Gasteiger partial charge in [0.1, 0.15) is 6.04 Å². The largest absolute Gasteiger partial charge is 0.353 e. The summed E-state index contributed by atoms with van der Waals surface area (Å²) in [7, 11) is -3.65. The topological polar surface area (TPSA) is 66.5 Å². The van der Waals surface area contributed by atoms with E-state index in [-0.39, 0.29) is 5.91 Å². The molecule has 0 saturated carbocycles. The van der Waals surface area contributed by atoms with Crippen molar-refractivity contribution in [1.82, 2.24) is 5.32 Å². The Morgan fingerprint density at radius 2 is 1.89 bits per heavy atom. The van der Waals surface area contributed by atoms with Crippen molar-refractivity contribution >= 4 is 45.0 Å². The van der Waals surface area contributed by atoms with Gasteiger partial charge in [-0.1, -0.05) is 48.0 Å². The molecule has 0 aliphatic heterocycles. The maximum absolute atomic E-state index is 12.5. The van der Waals surface area contributed by atoms with Gasteiger partial charge in [0.15, 0.2) is 0 Å². The highest BCUT2D eigenvalue weighted by Gasteiger charge is 2.29. The molecule has 0 bridgehead atoms. The number of nitrogens with zero attached hydrogens (tertiary/aromatic N) is 1. The highest BCUT2D eigenvalue weighted by molar-refractivity contribution is 7.98. The molecule has 5 nitrogen and oxygen atoms in total. The molecule has 1 amide bonds. The number of benzene rings is 2. The van der Waals surface area contributed by atoms with Gasteiger partial charge in [0.2, 0.25) is 15.9 Å². The first-order valence-electron chi connectivity index (χ1n) is 8.85. The smallest absolute Gasteiger partial charge is 0.243 e. The summed E-state index contributed by atoms with van der Waals surface area (Å²) in [6.45, 7) is 3.87. The van der Waals surface area contributed by atoms with Gasteiger partial charge in [0.05, 0.1) is 11.9 Å². The number of hydrogen-bond acceptors (Lipinski definition) is 4. The van der Waals surface area contributed by atoms with Crippen LogP contribution >= 0.6 is 23.4 Å². The Morgan fingerprint density at radius 1 is 1.21 bits per heavy atom. The van der Waals surface area contributed by atoms with Gasteiger partial charge in [-0.25, -0.2) is 8.42 Å². The van der Waals surface area contributed by atoms with Crippen molar-refractivity contribution in [3.05, 3.63) is 64.7 Å². The summed E-state index contributed by atoms with van der Waals surface area (Å²) in [6, 6.07) is 14.2. The number of halogens is 1. The van der Waals surface area contributed by atoms with E-state index in [1.165, 1.54) is 5.56 Å². The van der Waals surface area contributed by atoms with Gasteiger partial charge in [-0.3, -0.25) is 9.10 Å². The number of rotatable bonds is 9. The van der Waals surface area contributed by atoms with Crippen molar-refractivity contribution in [2.45, 2.75) is 25.6 Å². The van der Waals surface area contributed by atoms with Crippen LogP contribution in [0.25, 0.3) is 0 Å². The van der Waals surface area contributed by atoms with Crippen LogP contribution in [0.5, 0.6) is 0 Å². The van der Waals surface area contributed by atoms with E-state index in [2.05, 4.69) is 17.4 Å². The molecule has 2 rings (SSSR count). The van der Waals surface area contributed by atoms with Gasteiger partial charge in [0.25, 0.3) is 0 Å². The van der Waals surface area contributed by atoms with Crippen LogP contribution in [0.2, 0.25) is 5.02 Å². The second-order valence-corrected chi connectivity index (χ2v) is 9.87. The van der Waals surface area contributed by atoms with Crippen molar-refractivity contribution in [2.24, 2.45) is 0 Å². The van der Waals surface area contributed by atoms with Crippen molar-refractivity contribution < 1.29 is 13.2 Å². The van der Waals surface area contributed by atoms with E-state index < -0.39 is 16.1 Å². The zero-order valence-electron chi connectivity index (χ0n) is 16.2. The van der Waals surface area contributed by atoms with E-state index in [1.807, 2.05) is 25.1 Å². The van der Waals surface area contributed by atoms with Crippen LogP contribution in [0.15, 0.2) is 48.5 Å². The van der Waals surface area contributed by atoms with E-state index in [0.717, 1.165) is 27.6 Å². The third-order valence-electron chi connectivity index (χ3n) is 4.16. The molecule has 1 N–H and O–H groups in total. The minimum Gasteiger partial charge on any atom is -0.353 e. The molecular formula is C20H25ClN2O3S2. The van der Waals surface area contributed by atoms with Crippen LogP contribution in [0.3, 0.4) is 0 Å². The molecular weight excluding hydrogens is 416 g/mol. The van der Waals surface area contributed by atoms with E-state index >= 15 is 0 Å². The average molecular weight is 441 g/mol. The van der Waals surface area contributed by atoms with Crippen LogP contribution in [0, 0.1) is 6.92 Å². The first-order chi connectivity index (χ1) is 13.2. The number of nitrogens with one attached hydrogen (secondary N) is 1. The number of amides is 1. The molecule has 0 saturated heterocycles. The van der Waals surface area contributed by atoms with Crippen LogP contribution in [-0.4, -0.2) is 38.9 Å². The van der Waals surface area contributed by atoms with E-state index in [0.29, 0.717) is 17.3 Å². The molecule has 0 heterocycles. The highest BCUT2D eigenvalue weighted by atomic mass is 35.5. The predicted molar refractivity (Wildman–Crippen MR) is 119 cm³/mol. The molecule has 0 aliphatic rings. The third-order valence-corrected chi connectivity index (χ3v) is 6.83. The van der Waals surface area contributed by atoms with E-state index in [1.54, 1.807) is 36.9 Å². The molecule has 2 aromatic carbocycles. The lowest BCUT2D eigenvalue weighted by molar-refractivity contribution is -0.121. The van der Waals surface area contributed by atoms with Gasteiger partial charge < -0.3 is 5.32 Å². The van der Waals surface area contributed by atoms with E-state index in [9.17, 15) is 13.2 Å². The Hall–Kier alpha value is -1.70. The molecule has 0 spiro atoms. The summed E-state index contributed by atoms with van der Waals surface area (Å²) < 4.78 is 25.7. The van der Waals surface area contributed by atoms with Crippen LogP contribution < -0.4 is 9.62 Å². The van der Waals surface area contributed by atoms with Crippen molar-refractivity contribution in [3.63, 3.8) is 0 Å². The Kier molecular flexibility index (Phi) is 8.22. The maximum Gasteiger partial charge on any atom is 0.243 e. The Bertz CT molecular complexity index is 905. The normalized spacial score (nSPS) is 12.4. The lowest BCUT2D eigenvalue weighted by Gasteiger charge is -2.28. The fourth-order valence-corrected chi connectivity index (χ4v) is 4.85. The Balaban J connectivity index is 1.95. The number of carbonyl (C=O) groups excluding carboxylic acids is 1. The number of aryl methyl sites for hydroxylation is 1. The van der Waals surface area contributed by atoms with Gasteiger partial charge >= 0.3 is 0 Å². The molecule has 28 heavy (non-hydrogen) atoms. The van der Waals surface area contributed by atoms with E-state index in [4.69, 9.17) is 11.6 Å². The Morgan fingerprint density at radius 3 is 2.50 bits per heavy atom. The average Bonchev–Trinajstić information content (AvgIpc) is 2.64. The second-order valence-electron chi connectivity index (χ2n) is 6.50. The first-order valence-corrected chi connectivity index (χ1v) is 12.2. The Labute approximate surface area is 176 Å². The van der Waals surface area contributed by atoms with Crippen molar-refractivity contribution in [1.29, 1.82) is 0 Å². The number of thioether (sulfide) groups is 1. The van der Waals surface area contributed by atoms with Crippen LogP contribution in [0.4, 0.5) is 5.69 Å². The van der Waals surface area contributed by atoms with Crippen LogP contribution in [-0.2, 0) is 20.6 Å². The van der Waals surface area contributed by atoms with Gasteiger partial charge in [-0.2, -0.15) is 11.8 Å². The molecule has 0 aliphatic carbocycles. The minimum atomic E-state index is -3.65. The summed E-state index contributed by atoms with van der Waals surface area (Å²) in [4.78, 5) is 12.5. The molecule has 0 aromatic heterocycles. The number of carbonyl (C=O) groups is 1. The summed E-state index contributed by atoms with van der Waals surface area (Å²) in [5.74, 6) is 1.26. The van der Waals surface area contributed by atoms with Gasteiger partial charge in [0, 0.05) is 23.1 Å². The number of sulfonamides is 1. The van der Waals surface area contributed by atoms with Crippen LogP contribution in [0.1, 0.15) is 18.1 Å². The van der Waals surface area contributed by atoms with Gasteiger partial charge in [-0.15, -0.1) is 0 Å². The zero-order valence-corrected chi connectivity index (χ0v) is 18.6. The third kappa shape index (κ3) is 6.43. The molecule has 0 radical (unpaired) electrons. The lowest BCUT2D eigenvalue weighted by Crippen LogP contribution is -2.48. The first kappa shape index (κ1) is 22.6.